The molecule has 1 saturated carbocycles. The fourth-order valence-electron chi connectivity index (χ4n) is 1.58. The van der Waals surface area contributed by atoms with E-state index in [9.17, 15) is 4.79 Å². The minimum absolute atomic E-state index is 0.131. The maximum Gasteiger partial charge on any atom is 0.252 e. The Kier molecular flexibility index (Phi) is 2.49. The van der Waals surface area contributed by atoms with Crippen molar-refractivity contribution in [1.29, 1.82) is 0 Å². The summed E-state index contributed by atoms with van der Waals surface area (Å²) in [5.74, 6) is 1.10. The van der Waals surface area contributed by atoms with Crippen LogP contribution < -0.4 is 10.9 Å². The van der Waals surface area contributed by atoms with Crippen LogP contribution in [0.25, 0.3) is 0 Å². The summed E-state index contributed by atoms with van der Waals surface area (Å²) in [5.41, 5.74) is -0.156. The van der Waals surface area contributed by atoms with Crippen LogP contribution >= 0.6 is 0 Å². The second kappa shape index (κ2) is 3.79. The summed E-state index contributed by atoms with van der Waals surface area (Å²) >= 11 is 0. The van der Waals surface area contributed by atoms with E-state index in [4.69, 9.17) is 5.11 Å². The Balaban J connectivity index is 1.83. The number of aromatic nitrogens is 2. The summed E-state index contributed by atoms with van der Waals surface area (Å²) in [6, 6.07) is 1.43. The fourth-order valence-corrected chi connectivity index (χ4v) is 1.58. The van der Waals surface area contributed by atoms with E-state index in [0.29, 0.717) is 11.7 Å². The Morgan fingerprint density at radius 1 is 1.64 bits per heavy atom. The molecule has 5 heteroatoms. The lowest BCUT2D eigenvalue weighted by atomic mass is 9.82. The normalized spacial score (nSPS) is 25.5. The van der Waals surface area contributed by atoms with E-state index in [1.54, 1.807) is 0 Å². The number of anilines is 1. The van der Waals surface area contributed by atoms with Crippen molar-refractivity contribution in [2.45, 2.75) is 18.9 Å². The van der Waals surface area contributed by atoms with Crippen molar-refractivity contribution in [3.8, 4) is 0 Å². The minimum Gasteiger partial charge on any atom is -0.393 e. The zero-order valence-electron chi connectivity index (χ0n) is 7.73. The Morgan fingerprint density at radius 2 is 2.43 bits per heavy atom. The second-order valence-electron chi connectivity index (χ2n) is 3.67. The first-order chi connectivity index (χ1) is 6.74. The maximum atomic E-state index is 10.9. The van der Waals surface area contributed by atoms with Gasteiger partial charge < -0.3 is 15.4 Å². The summed E-state index contributed by atoms with van der Waals surface area (Å²) in [5, 5.41) is 12.1. The lowest BCUT2D eigenvalue weighted by Gasteiger charge is -2.31. The Bertz CT molecular complexity index is 357. The molecule has 1 aliphatic carbocycles. The van der Waals surface area contributed by atoms with Crippen molar-refractivity contribution in [1.82, 2.24) is 9.97 Å². The molecule has 3 N–H and O–H groups in total. The van der Waals surface area contributed by atoms with E-state index in [1.165, 1.54) is 12.4 Å². The molecule has 1 heterocycles. The van der Waals surface area contributed by atoms with Gasteiger partial charge in [0.25, 0.3) is 5.56 Å². The number of aromatic amines is 1. The van der Waals surface area contributed by atoms with Gasteiger partial charge in [-0.15, -0.1) is 0 Å². The Hall–Kier alpha value is -1.36. The van der Waals surface area contributed by atoms with Gasteiger partial charge in [0.05, 0.1) is 12.4 Å². The van der Waals surface area contributed by atoms with Gasteiger partial charge in [-0.3, -0.25) is 4.79 Å². The van der Waals surface area contributed by atoms with Gasteiger partial charge in [0.2, 0.25) is 0 Å². The molecule has 1 aliphatic rings. The standard InChI is InChI=1S/C9H13N3O2/c13-7-1-6(2-7)4-10-8-3-9(14)12-5-11-8/h3,5-7,13H,1-2,4H2,(H2,10,11,12,14). The SMILES string of the molecule is O=c1cc(NCC2CC(O)C2)nc[nH]1. The van der Waals surface area contributed by atoms with Gasteiger partial charge in [-0.2, -0.15) is 0 Å². The van der Waals surface area contributed by atoms with Crippen LogP contribution in [0.1, 0.15) is 12.8 Å². The lowest BCUT2D eigenvalue weighted by molar-refractivity contribution is 0.0486. The number of rotatable bonds is 3. The van der Waals surface area contributed by atoms with Crippen LogP contribution in [-0.4, -0.2) is 27.7 Å². The quantitative estimate of drug-likeness (QED) is 0.632. The average molecular weight is 195 g/mol. The highest BCUT2D eigenvalue weighted by molar-refractivity contribution is 5.31. The van der Waals surface area contributed by atoms with Crippen molar-refractivity contribution in [3.05, 3.63) is 22.7 Å². The number of aliphatic hydroxyl groups is 1. The van der Waals surface area contributed by atoms with E-state index >= 15 is 0 Å². The van der Waals surface area contributed by atoms with Crippen LogP contribution in [0.15, 0.2) is 17.2 Å². The smallest absolute Gasteiger partial charge is 0.252 e. The maximum absolute atomic E-state index is 10.9. The number of aliphatic hydroxyl groups excluding tert-OH is 1. The van der Waals surface area contributed by atoms with Gasteiger partial charge in [-0.05, 0) is 18.8 Å². The van der Waals surface area contributed by atoms with Gasteiger partial charge in [0.15, 0.2) is 0 Å². The molecule has 2 rings (SSSR count). The largest absolute Gasteiger partial charge is 0.393 e. The molecule has 76 valence electrons. The van der Waals surface area contributed by atoms with Gasteiger partial charge >= 0.3 is 0 Å². The van der Waals surface area contributed by atoms with Gasteiger partial charge in [0, 0.05) is 12.6 Å². The Labute approximate surface area is 81.2 Å². The van der Waals surface area contributed by atoms with E-state index in [-0.39, 0.29) is 11.7 Å². The van der Waals surface area contributed by atoms with Gasteiger partial charge in [0.1, 0.15) is 5.82 Å². The molecule has 0 aliphatic heterocycles. The Morgan fingerprint density at radius 3 is 3.07 bits per heavy atom. The van der Waals surface area contributed by atoms with Gasteiger partial charge in [-0.25, -0.2) is 4.98 Å². The summed E-state index contributed by atoms with van der Waals surface area (Å²) in [4.78, 5) is 17.3. The van der Waals surface area contributed by atoms with Crippen LogP contribution in [0, 0.1) is 5.92 Å². The van der Waals surface area contributed by atoms with E-state index in [0.717, 1.165) is 19.4 Å². The number of H-pyrrole nitrogens is 1. The van der Waals surface area contributed by atoms with E-state index < -0.39 is 0 Å². The zero-order valence-corrected chi connectivity index (χ0v) is 7.73. The summed E-state index contributed by atoms with van der Waals surface area (Å²) in [7, 11) is 0. The summed E-state index contributed by atoms with van der Waals surface area (Å²) < 4.78 is 0. The summed E-state index contributed by atoms with van der Waals surface area (Å²) in [6.07, 6.45) is 2.93. The number of nitrogens with one attached hydrogen (secondary N) is 2. The van der Waals surface area contributed by atoms with E-state index in [2.05, 4.69) is 15.3 Å². The molecule has 0 atom stereocenters. The molecule has 5 nitrogen and oxygen atoms in total. The molecule has 0 amide bonds. The first-order valence-electron chi connectivity index (χ1n) is 4.70. The second-order valence-corrected chi connectivity index (χ2v) is 3.67. The van der Waals surface area contributed by atoms with Crippen molar-refractivity contribution in [2.24, 2.45) is 5.92 Å². The predicted octanol–water partition coefficient (Wildman–Crippen LogP) is -0.0473. The number of nitrogens with zero attached hydrogens (tertiary/aromatic N) is 1. The highest BCUT2D eigenvalue weighted by Crippen LogP contribution is 2.26. The number of hydrogen-bond donors (Lipinski definition) is 3. The average Bonchev–Trinajstić information content (AvgIpc) is 2.11. The molecular formula is C9H13N3O2. The lowest BCUT2D eigenvalue weighted by Crippen LogP contribution is -2.33. The van der Waals surface area contributed by atoms with Crippen LogP contribution in [0.3, 0.4) is 0 Å². The van der Waals surface area contributed by atoms with Gasteiger partial charge in [-0.1, -0.05) is 0 Å². The minimum atomic E-state index is -0.156. The first kappa shape index (κ1) is 9.21. The zero-order chi connectivity index (χ0) is 9.97. The molecular weight excluding hydrogens is 182 g/mol. The fraction of sp³-hybridized carbons (Fsp3) is 0.556. The van der Waals surface area contributed by atoms with Crippen LogP contribution in [0.4, 0.5) is 5.82 Å². The monoisotopic (exact) mass is 195 g/mol. The van der Waals surface area contributed by atoms with Crippen molar-refractivity contribution in [2.75, 3.05) is 11.9 Å². The molecule has 1 aromatic rings. The molecule has 14 heavy (non-hydrogen) atoms. The third-order valence-electron chi connectivity index (χ3n) is 2.46. The first-order valence-corrected chi connectivity index (χ1v) is 4.70. The third kappa shape index (κ3) is 2.11. The predicted molar refractivity (Wildman–Crippen MR) is 52.1 cm³/mol. The molecule has 0 unspecified atom stereocenters. The van der Waals surface area contributed by atoms with Crippen molar-refractivity contribution < 1.29 is 5.11 Å². The molecule has 0 aromatic carbocycles. The molecule has 0 radical (unpaired) electrons. The molecule has 0 spiro atoms. The highest BCUT2D eigenvalue weighted by atomic mass is 16.3. The third-order valence-corrected chi connectivity index (χ3v) is 2.46. The van der Waals surface area contributed by atoms with E-state index in [1.807, 2.05) is 0 Å². The highest BCUT2D eigenvalue weighted by Gasteiger charge is 2.26. The molecule has 1 fully saturated rings. The number of hydrogen-bond acceptors (Lipinski definition) is 4. The molecule has 0 saturated heterocycles. The van der Waals surface area contributed by atoms with Crippen molar-refractivity contribution in [3.63, 3.8) is 0 Å². The molecule has 1 aromatic heterocycles. The molecule has 0 bridgehead atoms. The topological polar surface area (TPSA) is 78.0 Å². The van der Waals surface area contributed by atoms with Crippen LogP contribution in [-0.2, 0) is 0 Å². The van der Waals surface area contributed by atoms with Crippen LogP contribution in [0.5, 0.6) is 0 Å². The van der Waals surface area contributed by atoms with Crippen molar-refractivity contribution >= 4 is 5.82 Å². The summed E-state index contributed by atoms with van der Waals surface area (Å²) in [6.45, 7) is 0.771. The van der Waals surface area contributed by atoms with Crippen LogP contribution in [0.2, 0.25) is 0 Å².